The van der Waals surface area contributed by atoms with Crippen molar-refractivity contribution in [2.24, 2.45) is 0 Å². The van der Waals surface area contributed by atoms with E-state index in [-0.39, 0.29) is 17.7 Å². The molecule has 0 saturated carbocycles. The second-order valence-electron chi connectivity index (χ2n) is 7.81. The molecule has 180 valence electrons. The summed E-state index contributed by atoms with van der Waals surface area (Å²) in [5.74, 6) is 0.705. The predicted molar refractivity (Wildman–Crippen MR) is 126 cm³/mol. The van der Waals surface area contributed by atoms with Gasteiger partial charge in [0.2, 0.25) is 0 Å². The zero-order valence-electron chi connectivity index (χ0n) is 18.4. The van der Waals surface area contributed by atoms with Crippen molar-refractivity contribution < 1.29 is 27.8 Å². The van der Waals surface area contributed by atoms with E-state index in [1.807, 2.05) is 22.8 Å². The molecule has 0 aliphatic rings. The van der Waals surface area contributed by atoms with Crippen molar-refractivity contribution in [3.63, 3.8) is 0 Å². The summed E-state index contributed by atoms with van der Waals surface area (Å²) < 4.78 is 46.4. The molecule has 2 N–H and O–H groups in total. The number of fused-ring (bicyclic) bond motifs is 1. The Labute approximate surface area is 198 Å². The van der Waals surface area contributed by atoms with Crippen molar-refractivity contribution in [2.45, 2.75) is 19.1 Å². The number of carboxylic acid groups (broad SMARTS) is 1. The van der Waals surface area contributed by atoms with Gasteiger partial charge >= 0.3 is 12.3 Å². The highest BCUT2D eigenvalue weighted by Gasteiger charge is 2.30. The van der Waals surface area contributed by atoms with Gasteiger partial charge in [-0.2, -0.15) is 13.2 Å². The van der Waals surface area contributed by atoms with Crippen LogP contribution in [0.1, 0.15) is 12.0 Å². The highest BCUT2D eigenvalue weighted by Crippen LogP contribution is 2.36. The largest absolute Gasteiger partial charge is 0.465 e. The molecule has 1 aromatic heterocycles. The molecule has 0 radical (unpaired) electrons. The second-order valence-corrected chi connectivity index (χ2v) is 7.81. The summed E-state index contributed by atoms with van der Waals surface area (Å²) in [5, 5.41) is 11.6. The first-order valence-corrected chi connectivity index (χ1v) is 10.8. The van der Waals surface area contributed by atoms with Gasteiger partial charge in [0.1, 0.15) is 11.5 Å². The van der Waals surface area contributed by atoms with Gasteiger partial charge in [0.25, 0.3) is 0 Å². The summed E-state index contributed by atoms with van der Waals surface area (Å²) >= 11 is 0. The molecule has 0 unspecified atom stereocenters. The Morgan fingerprint density at radius 2 is 1.74 bits per heavy atom. The van der Waals surface area contributed by atoms with Gasteiger partial charge in [-0.25, -0.2) is 4.79 Å². The minimum Gasteiger partial charge on any atom is -0.465 e. The molecule has 3 aromatic carbocycles. The number of hydrogen-bond acceptors (Lipinski definition) is 3. The molecule has 6 nitrogen and oxygen atoms in total. The van der Waals surface area contributed by atoms with E-state index in [0.717, 1.165) is 17.7 Å². The van der Waals surface area contributed by atoms with Gasteiger partial charge in [0, 0.05) is 36.3 Å². The lowest BCUT2D eigenvalue weighted by Gasteiger charge is -2.15. The van der Waals surface area contributed by atoms with Gasteiger partial charge in [0.15, 0.2) is 5.43 Å². The molecule has 0 saturated heterocycles. The lowest BCUT2D eigenvalue weighted by atomic mass is 10.0. The third kappa shape index (κ3) is 5.63. The van der Waals surface area contributed by atoms with Crippen LogP contribution in [0, 0.1) is 0 Å². The number of halogens is 3. The second kappa shape index (κ2) is 9.92. The predicted octanol–water partition coefficient (Wildman–Crippen LogP) is 6.14. The summed E-state index contributed by atoms with van der Waals surface area (Å²) in [5.41, 5.74) is 1.23. The van der Waals surface area contributed by atoms with E-state index in [4.69, 9.17) is 9.84 Å². The van der Waals surface area contributed by atoms with Crippen molar-refractivity contribution in [2.75, 3.05) is 6.54 Å². The smallest absolute Gasteiger partial charge is 0.416 e. The molecular formula is C26H21F3N2O4. The zero-order valence-corrected chi connectivity index (χ0v) is 18.4. The maximum absolute atomic E-state index is 12.9. The molecule has 4 aromatic rings. The monoisotopic (exact) mass is 482 g/mol. The molecule has 1 heterocycles. The highest BCUT2D eigenvalue weighted by atomic mass is 19.4. The summed E-state index contributed by atoms with van der Waals surface area (Å²) in [7, 11) is 0. The topological polar surface area (TPSA) is 80.6 Å². The van der Waals surface area contributed by atoms with E-state index >= 15 is 0 Å². The van der Waals surface area contributed by atoms with Gasteiger partial charge in [-0.3, -0.25) is 4.79 Å². The van der Waals surface area contributed by atoms with E-state index in [2.05, 4.69) is 5.32 Å². The minimum absolute atomic E-state index is 0.138. The number of carbonyl (C=O) groups is 1. The Balaban J connectivity index is 1.66. The molecule has 0 spiro atoms. The molecule has 4 rings (SSSR count). The number of ether oxygens (including phenoxy) is 1. The number of amides is 1. The number of nitrogens with zero attached hydrogens (tertiary/aromatic N) is 1. The van der Waals surface area contributed by atoms with Crippen molar-refractivity contribution in [3.8, 4) is 22.6 Å². The lowest BCUT2D eigenvalue weighted by Crippen LogP contribution is -2.23. The Morgan fingerprint density at radius 3 is 2.46 bits per heavy atom. The maximum atomic E-state index is 12.9. The van der Waals surface area contributed by atoms with Crippen LogP contribution in [0.4, 0.5) is 18.0 Å². The Kier molecular flexibility index (Phi) is 6.77. The van der Waals surface area contributed by atoms with Gasteiger partial charge in [-0.1, -0.05) is 24.3 Å². The number of aryl methyl sites for hydroxylation is 1. The number of rotatable bonds is 7. The van der Waals surface area contributed by atoms with Crippen LogP contribution in [0.2, 0.25) is 0 Å². The first kappa shape index (κ1) is 23.9. The molecule has 9 heteroatoms. The normalized spacial score (nSPS) is 11.4. The van der Waals surface area contributed by atoms with E-state index in [9.17, 15) is 22.8 Å². The average molecular weight is 482 g/mol. The Morgan fingerprint density at radius 1 is 1.00 bits per heavy atom. The van der Waals surface area contributed by atoms with Gasteiger partial charge < -0.3 is 19.7 Å². The first-order valence-electron chi connectivity index (χ1n) is 10.8. The van der Waals surface area contributed by atoms with Crippen LogP contribution in [-0.4, -0.2) is 22.3 Å². The summed E-state index contributed by atoms with van der Waals surface area (Å²) in [6, 6.07) is 18.4. The van der Waals surface area contributed by atoms with Crippen molar-refractivity contribution in [3.05, 3.63) is 94.8 Å². The van der Waals surface area contributed by atoms with Gasteiger partial charge in [-0.05, 0) is 54.4 Å². The molecule has 0 fully saturated rings. The van der Waals surface area contributed by atoms with Crippen molar-refractivity contribution >= 4 is 17.0 Å². The Bertz CT molecular complexity index is 1410. The number of alkyl halides is 3. The first-order chi connectivity index (χ1) is 16.7. The van der Waals surface area contributed by atoms with E-state index < -0.39 is 17.8 Å². The molecule has 1 amide bonds. The molecule has 0 atom stereocenters. The van der Waals surface area contributed by atoms with Crippen molar-refractivity contribution in [1.82, 2.24) is 9.88 Å². The van der Waals surface area contributed by atoms with Crippen LogP contribution in [0.5, 0.6) is 11.5 Å². The number of nitrogens with one attached hydrogen (secondary N) is 1. The molecule has 0 aliphatic carbocycles. The third-order valence-electron chi connectivity index (χ3n) is 5.44. The highest BCUT2D eigenvalue weighted by molar-refractivity contribution is 5.86. The van der Waals surface area contributed by atoms with Crippen LogP contribution < -0.4 is 15.5 Å². The minimum atomic E-state index is -4.43. The summed E-state index contributed by atoms with van der Waals surface area (Å²) in [6.07, 6.45) is -3.33. The number of benzene rings is 3. The third-order valence-corrected chi connectivity index (χ3v) is 5.44. The van der Waals surface area contributed by atoms with Crippen LogP contribution in [0.15, 0.2) is 83.8 Å². The zero-order chi connectivity index (χ0) is 25.0. The van der Waals surface area contributed by atoms with E-state index in [1.54, 1.807) is 30.5 Å². The Hall–Kier alpha value is -4.27. The number of pyridine rings is 1. The standard InChI is InChI=1S/C26H21F3N2O4/c27-26(28,29)18-7-9-19(10-8-18)35-24-5-2-1-4-20(24)17-6-11-21-22(16-17)31(15-12-23(21)32)14-3-13-30-25(33)34/h1-2,4-12,15-16,30H,3,13-14H2,(H,33,34). The molecule has 0 bridgehead atoms. The fourth-order valence-electron chi connectivity index (χ4n) is 3.75. The van der Waals surface area contributed by atoms with E-state index in [0.29, 0.717) is 35.2 Å². The van der Waals surface area contributed by atoms with E-state index in [1.165, 1.54) is 18.2 Å². The fourth-order valence-corrected chi connectivity index (χ4v) is 3.75. The number of hydrogen-bond donors (Lipinski definition) is 2. The maximum Gasteiger partial charge on any atom is 0.416 e. The van der Waals surface area contributed by atoms with Gasteiger partial charge in [0.05, 0.1) is 11.1 Å². The van der Waals surface area contributed by atoms with Crippen LogP contribution >= 0.6 is 0 Å². The van der Waals surface area contributed by atoms with Crippen LogP contribution in [0.3, 0.4) is 0 Å². The molecular weight excluding hydrogens is 461 g/mol. The van der Waals surface area contributed by atoms with Crippen molar-refractivity contribution in [1.29, 1.82) is 0 Å². The summed E-state index contributed by atoms with van der Waals surface area (Å²) in [4.78, 5) is 23.1. The van der Waals surface area contributed by atoms with Crippen LogP contribution in [-0.2, 0) is 12.7 Å². The number of aromatic nitrogens is 1. The molecule has 0 aliphatic heterocycles. The SMILES string of the molecule is O=C(O)NCCCn1ccc(=O)c2ccc(-c3ccccc3Oc3ccc(C(F)(F)F)cc3)cc21. The molecule has 35 heavy (non-hydrogen) atoms. The fraction of sp³-hybridized carbons (Fsp3) is 0.154. The summed E-state index contributed by atoms with van der Waals surface area (Å²) in [6.45, 7) is 0.761. The van der Waals surface area contributed by atoms with Crippen LogP contribution in [0.25, 0.3) is 22.0 Å². The lowest BCUT2D eigenvalue weighted by molar-refractivity contribution is -0.137. The quantitative estimate of drug-likeness (QED) is 0.310. The number of para-hydroxylation sites is 1. The van der Waals surface area contributed by atoms with Gasteiger partial charge in [-0.15, -0.1) is 0 Å². The average Bonchev–Trinajstić information content (AvgIpc) is 2.83.